The SMILES string of the molecule is CC(C)c1ncc2c(n1)C=CC(C)(P)C=N2. The Balaban J connectivity index is 2.48. The molecule has 0 saturated carbocycles. The van der Waals surface area contributed by atoms with E-state index in [0.717, 1.165) is 17.2 Å². The number of aliphatic imine (C=N–C) groups is 1. The number of rotatable bonds is 1. The number of hydrogen-bond donors (Lipinski definition) is 0. The predicted octanol–water partition coefficient (Wildman–Crippen LogP) is 2.96. The topological polar surface area (TPSA) is 38.1 Å². The molecule has 0 saturated heterocycles. The predicted molar refractivity (Wildman–Crippen MR) is 71.4 cm³/mol. The van der Waals surface area contributed by atoms with Crippen LogP contribution in [0.25, 0.3) is 6.08 Å². The van der Waals surface area contributed by atoms with Gasteiger partial charge < -0.3 is 0 Å². The summed E-state index contributed by atoms with van der Waals surface area (Å²) in [4.78, 5) is 13.2. The number of nitrogens with zero attached hydrogens (tertiary/aromatic N) is 3. The molecule has 2 atom stereocenters. The fourth-order valence-electron chi connectivity index (χ4n) is 1.41. The maximum absolute atomic E-state index is 4.52. The lowest BCUT2D eigenvalue weighted by Gasteiger charge is -2.10. The van der Waals surface area contributed by atoms with Crippen molar-refractivity contribution in [2.45, 2.75) is 31.8 Å². The summed E-state index contributed by atoms with van der Waals surface area (Å²) in [6.45, 7) is 6.26. The van der Waals surface area contributed by atoms with Crippen LogP contribution < -0.4 is 0 Å². The van der Waals surface area contributed by atoms with Gasteiger partial charge in [-0.2, -0.15) is 0 Å². The number of aromatic nitrogens is 2. The molecular formula is C12H16N3P. The second-order valence-corrected chi connectivity index (χ2v) is 5.85. The van der Waals surface area contributed by atoms with Crippen molar-refractivity contribution < 1.29 is 0 Å². The lowest BCUT2D eigenvalue weighted by atomic mass is 10.1. The van der Waals surface area contributed by atoms with Crippen molar-refractivity contribution in [1.82, 2.24) is 9.97 Å². The van der Waals surface area contributed by atoms with Crippen LogP contribution in [0.2, 0.25) is 0 Å². The van der Waals surface area contributed by atoms with Gasteiger partial charge in [0.1, 0.15) is 11.5 Å². The second-order valence-electron chi connectivity index (χ2n) is 4.61. The molecule has 0 amide bonds. The van der Waals surface area contributed by atoms with Gasteiger partial charge in [0.25, 0.3) is 0 Å². The van der Waals surface area contributed by atoms with Gasteiger partial charge in [-0.05, 0) is 13.0 Å². The molecule has 0 N–H and O–H groups in total. The Morgan fingerprint density at radius 3 is 2.81 bits per heavy atom. The van der Waals surface area contributed by atoms with E-state index in [2.05, 4.69) is 51.0 Å². The highest BCUT2D eigenvalue weighted by atomic mass is 31.0. The summed E-state index contributed by atoms with van der Waals surface area (Å²) >= 11 is 0. The Labute approximate surface area is 98.3 Å². The Kier molecular flexibility index (Phi) is 2.90. The van der Waals surface area contributed by atoms with Gasteiger partial charge in [-0.25, -0.2) is 9.97 Å². The van der Waals surface area contributed by atoms with Crippen LogP contribution in [0.4, 0.5) is 5.69 Å². The molecule has 0 radical (unpaired) electrons. The van der Waals surface area contributed by atoms with Crippen molar-refractivity contribution in [2.24, 2.45) is 4.99 Å². The summed E-state index contributed by atoms with van der Waals surface area (Å²) < 4.78 is 0. The normalized spacial score (nSPS) is 23.3. The Morgan fingerprint density at radius 2 is 2.12 bits per heavy atom. The van der Waals surface area contributed by atoms with Crippen molar-refractivity contribution in [2.75, 3.05) is 0 Å². The molecule has 16 heavy (non-hydrogen) atoms. The van der Waals surface area contributed by atoms with Crippen LogP contribution in [0.1, 0.15) is 38.2 Å². The quantitative estimate of drug-likeness (QED) is 0.699. The van der Waals surface area contributed by atoms with Crippen molar-refractivity contribution in [1.29, 1.82) is 0 Å². The van der Waals surface area contributed by atoms with Crippen molar-refractivity contribution in [3.63, 3.8) is 0 Å². The monoisotopic (exact) mass is 233 g/mol. The highest BCUT2D eigenvalue weighted by Crippen LogP contribution is 2.27. The molecule has 4 heteroatoms. The lowest BCUT2D eigenvalue weighted by molar-refractivity contribution is 0.772. The van der Waals surface area contributed by atoms with Gasteiger partial charge in [-0.15, -0.1) is 9.24 Å². The van der Waals surface area contributed by atoms with Crippen LogP contribution in [0.15, 0.2) is 17.3 Å². The molecule has 0 fully saturated rings. The average molecular weight is 233 g/mol. The zero-order valence-corrected chi connectivity index (χ0v) is 11.0. The van der Waals surface area contributed by atoms with E-state index in [0.29, 0.717) is 5.92 Å². The van der Waals surface area contributed by atoms with E-state index in [9.17, 15) is 0 Å². The molecule has 0 aromatic carbocycles. The molecule has 2 heterocycles. The number of allylic oxidation sites excluding steroid dienone is 1. The van der Waals surface area contributed by atoms with Crippen LogP contribution in [0, 0.1) is 0 Å². The van der Waals surface area contributed by atoms with Crippen molar-refractivity contribution >= 4 is 27.2 Å². The highest BCUT2D eigenvalue weighted by Gasteiger charge is 2.15. The van der Waals surface area contributed by atoms with E-state index >= 15 is 0 Å². The van der Waals surface area contributed by atoms with E-state index < -0.39 is 0 Å². The molecule has 2 rings (SSSR count). The average Bonchev–Trinajstić information content (AvgIpc) is 2.38. The smallest absolute Gasteiger partial charge is 0.131 e. The van der Waals surface area contributed by atoms with E-state index in [1.54, 1.807) is 6.20 Å². The molecule has 84 valence electrons. The van der Waals surface area contributed by atoms with Gasteiger partial charge in [-0.3, -0.25) is 4.99 Å². The molecule has 1 aromatic heterocycles. The summed E-state index contributed by atoms with van der Waals surface area (Å²) in [6.07, 6.45) is 7.80. The Hall–Kier alpha value is -1.08. The second kappa shape index (κ2) is 4.06. The first kappa shape index (κ1) is 11.4. The molecule has 1 aromatic rings. The van der Waals surface area contributed by atoms with Crippen molar-refractivity contribution in [3.8, 4) is 0 Å². The first-order chi connectivity index (χ1) is 7.48. The van der Waals surface area contributed by atoms with Crippen LogP contribution in [0.3, 0.4) is 0 Å². The van der Waals surface area contributed by atoms with Gasteiger partial charge in [-0.1, -0.05) is 19.9 Å². The summed E-state index contributed by atoms with van der Waals surface area (Å²) in [5, 5.41) is -0.0985. The van der Waals surface area contributed by atoms with Gasteiger partial charge in [0, 0.05) is 17.3 Å². The van der Waals surface area contributed by atoms with E-state index in [-0.39, 0.29) is 5.16 Å². The third-order valence-electron chi connectivity index (χ3n) is 2.42. The first-order valence-corrected chi connectivity index (χ1v) is 5.96. The fourth-order valence-corrected chi connectivity index (χ4v) is 1.58. The number of fused-ring (bicyclic) bond motifs is 1. The molecule has 1 aliphatic heterocycles. The molecule has 2 unspecified atom stereocenters. The summed E-state index contributed by atoms with van der Waals surface area (Å²) in [6, 6.07) is 0. The van der Waals surface area contributed by atoms with Crippen LogP contribution >= 0.6 is 9.24 Å². The standard InChI is InChI=1S/C12H16N3P/c1-8(2)11-13-6-10-9(15-11)4-5-12(3,16)7-14-10/h4-8H,16H2,1-3H3. The molecule has 0 bridgehead atoms. The van der Waals surface area contributed by atoms with E-state index in [1.807, 2.05) is 12.3 Å². The minimum Gasteiger partial charge on any atom is -0.256 e. The third kappa shape index (κ3) is 2.35. The minimum atomic E-state index is -0.0985. The summed E-state index contributed by atoms with van der Waals surface area (Å²) in [5.41, 5.74) is 1.74. The fraction of sp³-hybridized carbons (Fsp3) is 0.417. The van der Waals surface area contributed by atoms with Crippen molar-refractivity contribution in [3.05, 3.63) is 23.8 Å². The molecule has 1 aliphatic rings. The van der Waals surface area contributed by atoms with E-state index in [1.165, 1.54) is 0 Å². The Morgan fingerprint density at radius 1 is 1.38 bits per heavy atom. The van der Waals surface area contributed by atoms with Crippen LogP contribution in [-0.4, -0.2) is 21.3 Å². The zero-order valence-electron chi connectivity index (χ0n) is 9.81. The van der Waals surface area contributed by atoms with Crippen LogP contribution in [0.5, 0.6) is 0 Å². The Bertz CT molecular complexity index is 461. The lowest BCUT2D eigenvalue weighted by Crippen LogP contribution is -2.11. The van der Waals surface area contributed by atoms with Crippen LogP contribution in [-0.2, 0) is 0 Å². The summed E-state index contributed by atoms with van der Waals surface area (Å²) in [7, 11) is 2.76. The molecule has 0 aliphatic carbocycles. The summed E-state index contributed by atoms with van der Waals surface area (Å²) in [5.74, 6) is 1.21. The maximum Gasteiger partial charge on any atom is 0.131 e. The number of hydrogen-bond acceptors (Lipinski definition) is 3. The first-order valence-electron chi connectivity index (χ1n) is 5.38. The van der Waals surface area contributed by atoms with Gasteiger partial charge in [0.2, 0.25) is 0 Å². The van der Waals surface area contributed by atoms with Gasteiger partial charge in [0.05, 0.1) is 11.9 Å². The molecule has 3 nitrogen and oxygen atoms in total. The molecule has 0 spiro atoms. The van der Waals surface area contributed by atoms with E-state index in [4.69, 9.17) is 0 Å². The van der Waals surface area contributed by atoms with Gasteiger partial charge >= 0.3 is 0 Å². The molecular weight excluding hydrogens is 217 g/mol. The minimum absolute atomic E-state index is 0.0985. The highest BCUT2D eigenvalue weighted by molar-refractivity contribution is 7.21. The maximum atomic E-state index is 4.52. The third-order valence-corrected chi connectivity index (χ3v) is 2.76. The largest absolute Gasteiger partial charge is 0.256 e. The van der Waals surface area contributed by atoms with Gasteiger partial charge in [0.15, 0.2) is 0 Å². The zero-order chi connectivity index (χ0) is 11.8.